The summed E-state index contributed by atoms with van der Waals surface area (Å²) in [6.45, 7) is 0. The van der Waals surface area contributed by atoms with Crippen LogP contribution in [0.5, 0.6) is 5.75 Å². The first-order chi connectivity index (χ1) is 13.1. The molecule has 0 atom stereocenters. The fraction of sp³-hybridized carbons (Fsp3) is 0.105. The van der Waals surface area contributed by atoms with Gasteiger partial charge in [-0.2, -0.15) is 4.98 Å². The number of aromatic nitrogens is 2. The van der Waals surface area contributed by atoms with Crippen LogP contribution in [0.2, 0.25) is 5.02 Å². The van der Waals surface area contributed by atoms with Gasteiger partial charge in [-0.15, -0.1) is 0 Å². The number of carbonyl (C=O) groups excluding carboxylic acids is 1. The van der Waals surface area contributed by atoms with Crippen molar-refractivity contribution >= 4 is 40.7 Å². The van der Waals surface area contributed by atoms with Crippen LogP contribution in [-0.4, -0.2) is 30.2 Å². The molecule has 27 heavy (non-hydrogen) atoms. The fourth-order valence-corrected chi connectivity index (χ4v) is 2.57. The highest BCUT2D eigenvalue weighted by molar-refractivity contribution is 6.32. The van der Waals surface area contributed by atoms with Crippen molar-refractivity contribution in [3.63, 3.8) is 0 Å². The molecular weight excluding hydrogens is 368 g/mol. The monoisotopic (exact) mass is 384 g/mol. The fourth-order valence-electron chi connectivity index (χ4n) is 2.32. The average Bonchev–Trinajstić information content (AvgIpc) is 2.68. The smallest absolute Gasteiger partial charge is 0.337 e. The number of esters is 1. The minimum Gasteiger partial charge on any atom is -0.495 e. The molecule has 0 aliphatic rings. The lowest BCUT2D eigenvalue weighted by Crippen LogP contribution is -2.02. The summed E-state index contributed by atoms with van der Waals surface area (Å²) in [5, 5.41) is 6.73. The number of methoxy groups -OCH3 is 2. The summed E-state index contributed by atoms with van der Waals surface area (Å²) in [5.74, 6) is 1.22. The van der Waals surface area contributed by atoms with E-state index in [1.54, 1.807) is 55.8 Å². The zero-order valence-electron chi connectivity index (χ0n) is 14.7. The topological polar surface area (TPSA) is 85.4 Å². The molecule has 0 aliphatic heterocycles. The van der Waals surface area contributed by atoms with Crippen molar-refractivity contribution in [2.75, 3.05) is 24.9 Å². The molecule has 1 aromatic heterocycles. The lowest BCUT2D eigenvalue weighted by molar-refractivity contribution is 0.0601. The second-order valence-corrected chi connectivity index (χ2v) is 5.84. The third-order valence-corrected chi connectivity index (χ3v) is 3.94. The third kappa shape index (κ3) is 4.65. The van der Waals surface area contributed by atoms with Gasteiger partial charge in [0.25, 0.3) is 0 Å². The third-order valence-electron chi connectivity index (χ3n) is 3.64. The van der Waals surface area contributed by atoms with Crippen molar-refractivity contribution in [3.05, 3.63) is 65.3 Å². The standard InChI is InChI=1S/C19H17ClN4O3/c1-26-16-8-7-14(11-15(16)20)23-19-21-10-9-17(24-19)22-13-5-3-12(4-6-13)18(25)27-2/h3-11H,1-2H3,(H2,21,22,23,24). The highest BCUT2D eigenvalue weighted by Crippen LogP contribution is 2.28. The second kappa shape index (κ2) is 8.37. The molecule has 0 radical (unpaired) electrons. The van der Waals surface area contributed by atoms with Crippen molar-refractivity contribution in [2.45, 2.75) is 0 Å². The quantitative estimate of drug-likeness (QED) is 0.608. The molecule has 8 heteroatoms. The van der Waals surface area contributed by atoms with Crippen LogP contribution in [0.25, 0.3) is 0 Å². The van der Waals surface area contributed by atoms with Gasteiger partial charge >= 0.3 is 5.97 Å². The Bertz CT molecular complexity index is 948. The van der Waals surface area contributed by atoms with Gasteiger partial charge in [0, 0.05) is 17.6 Å². The van der Waals surface area contributed by atoms with E-state index in [1.165, 1.54) is 7.11 Å². The molecule has 0 saturated heterocycles. The largest absolute Gasteiger partial charge is 0.495 e. The van der Waals surface area contributed by atoms with Crippen LogP contribution in [0, 0.1) is 0 Å². The lowest BCUT2D eigenvalue weighted by Gasteiger charge is -2.10. The predicted molar refractivity (Wildman–Crippen MR) is 104 cm³/mol. The number of carbonyl (C=O) groups is 1. The molecule has 0 saturated carbocycles. The SMILES string of the molecule is COC(=O)c1ccc(Nc2ccnc(Nc3ccc(OC)c(Cl)c3)n2)cc1. The number of ether oxygens (including phenoxy) is 2. The maximum Gasteiger partial charge on any atom is 0.337 e. The maximum atomic E-state index is 11.5. The van der Waals surface area contributed by atoms with E-state index in [0.29, 0.717) is 28.1 Å². The molecule has 3 aromatic rings. The van der Waals surface area contributed by atoms with Gasteiger partial charge < -0.3 is 20.1 Å². The summed E-state index contributed by atoms with van der Waals surface area (Å²) in [5.41, 5.74) is 1.99. The van der Waals surface area contributed by atoms with E-state index < -0.39 is 0 Å². The molecule has 3 rings (SSSR count). The number of hydrogen-bond donors (Lipinski definition) is 2. The lowest BCUT2D eigenvalue weighted by atomic mass is 10.2. The Morgan fingerprint density at radius 2 is 1.74 bits per heavy atom. The number of benzene rings is 2. The number of rotatable bonds is 6. The summed E-state index contributed by atoms with van der Waals surface area (Å²) in [6, 6.07) is 13.9. The first-order valence-electron chi connectivity index (χ1n) is 7.98. The first kappa shape index (κ1) is 18.5. The molecule has 0 unspecified atom stereocenters. The Balaban J connectivity index is 1.72. The highest BCUT2D eigenvalue weighted by Gasteiger charge is 2.06. The van der Waals surface area contributed by atoms with Crippen LogP contribution < -0.4 is 15.4 Å². The normalized spacial score (nSPS) is 10.2. The highest BCUT2D eigenvalue weighted by atomic mass is 35.5. The van der Waals surface area contributed by atoms with E-state index in [-0.39, 0.29) is 5.97 Å². The minimum absolute atomic E-state index is 0.381. The Morgan fingerprint density at radius 3 is 2.41 bits per heavy atom. The van der Waals surface area contributed by atoms with Gasteiger partial charge in [-0.25, -0.2) is 9.78 Å². The summed E-state index contributed by atoms with van der Waals surface area (Å²) in [7, 11) is 2.91. The van der Waals surface area contributed by atoms with Crippen molar-refractivity contribution < 1.29 is 14.3 Å². The molecule has 7 nitrogen and oxygen atoms in total. The van der Waals surface area contributed by atoms with E-state index in [2.05, 4.69) is 25.3 Å². The average molecular weight is 385 g/mol. The van der Waals surface area contributed by atoms with Crippen molar-refractivity contribution in [2.24, 2.45) is 0 Å². The Morgan fingerprint density at radius 1 is 1.00 bits per heavy atom. The van der Waals surface area contributed by atoms with Gasteiger partial charge in [0.05, 0.1) is 24.8 Å². The number of nitrogens with zero attached hydrogens (tertiary/aromatic N) is 2. The van der Waals surface area contributed by atoms with Crippen molar-refractivity contribution in [1.29, 1.82) is 0 Å². The van der Waals surface area contributed by atoms with Crippen molar-refractivity contribution in [1.82, 2.24) is 9.97 Å². The Labute approximate surface area is 161 Å². The van der Waals surface area contributed by atoms with E-state index in [4.69, 9.17) is 16.3 Å². The van der Waals surface area contributed by atoms with E-state index >= 15 is 0 Å². The van der Waals surface area contributed by atoms with Gasteiger partial charge in [0.2, 0.25) is 5.95 Å². The molecule has 2 aromatic carbocycles. The van der Waals surface area contributed by atoms with Crippen LogP contribution >= 0.6 is 11.6 Å². The number of hydrogen-bond acceptors (Lipinski definition) is 7. The van der Waals surface area contributed by atoms with Gasteiger partial charge in [-0.05, 0) is 48.5 Å². The molecule has 0 amide bonds. The summed E-state index contributed by atoms with van der Waals surface area (Å²) >= 11 is 6.13. The number of nitrogens with one attached hydrogen (secondary N) is 2. The van der Waals surface area contributed by atoms with E-state index in [1.807, 2.05) is 6.07 Å². The summed E-state index contributed by atoms with van der Waals surface area (Å²) < 4.78 is 9.82. The predicted octanol–water partition coefficient (Wildman–Crippen LogP) is 4.41. The van der Waals surface area contributed by atoms with E-state index in [9.17, 15) is 4.79 Å². The van der Waals surface area contributed by atoms with Gasteiger partial charge in [-0.1, -0.05) is 11.6 Å². The Kier molecular flexibility index (Phi) is 5.73. The van der Waals surface area contributed by atoms with Gasteiger partial charge in [0.1, 0.15) is 11.6 Å². The summed E-state index contributed by atoms with van der Waals surface area (Å²) in [6.07, 6.45) is 1.63. The zero-order valence-corrected chi connectivity index (χ0v) is 15.4. The molecule has 1 heterocycles. The minimum atomic E-state index is -0.381. The molecule has 0 spiro atoms. The van der Waals surface area contributed by atoms with Crippen molar-refractivity contribution in [3.8, 4) is 5.75 Å². The maximum absolute atomic E-state index is 11.5. The molecule has 0 fully saturated rings. The Hall–Kier alpha value is -3.32. The van der Waals surface area contributed by atoms with Gasteiger partial charge in [0.15, 0.2) is 0 Å². The molecule has 138 valence electrons. The molecule has 0 aliphatic carbocycles. The van der Waals surface area contributed by atoms with Crippen LogP contribution in [0.3, 0.4) is 0 Å². The number of anilines is 4. The number of halogens is 1. The first-order valence-corrected chi connectivity index (χ1v) is 8.36. The van der Waals surface area contributed by atoms with Gasteiger partial charge in [-0.3, -0.25) is 0 Å². The van der Waals surface area contributed by atoms with Crippen LogP contribution in [-0.2, 0) is 4.74 Å². The van der Waals surface area contributed by atoms with Crippen LogP contribution in [0.15, 0.2) is 54.7 Å². The van der Waals surface area contributed by atoms with Crippen LogP contribution in [0.4, 0.5) is 23.1 Å². The molecule has 2 N–H and O–H groups in total. The molecular formula is C19H17ClN4O3. The van der Waals surface area contributed by atoms with E-state index in [0.717, 1.165) is 11.4 Å². The second-order valence-electron chi connectivity index (χ2n) is 5.43. The zero-order chi connectivity index (χ0) is 19.2. The molecule has 0 bridgehead atoms. The van der Waals surface area contributed by atoms with Crippen LogP contribution in [0.1, 0.15) is 10.4 Å². The summed E-state index contributed by atoms with van der Waals surface area (Å²) in [4.78, 5) is 20.1.